The van der Waals surface area contributed by atoms with Gasteiger partial charge in [0, 0.05) is 29.1 Å². The van der Waals surface area contributed by atoms with Crippen molar-refractivity contribution in [3.05, 3.63) is 76.1 Å². The molecule has 2 N–H and O–H groups in total. The molecule has 0 aromatic heterocycles. The van der Waals surface area contributed by atoms with Gasteiger partial charge in [0.1, 0.15) is 11.6 Å². The number of rotatable bonds is 6. The Morgan fingerprint density at radius 2 is 1.72 bits per heavy atom. The summed E-state index contributed by atoms with van der Waals surface area (Å²) in [7, 11) is 0. The maximum absolute atomic E-state index is 14.5. The molecule has 2 aromatic rings. The first kappa shape index (κ1) is 20.5. The molecule has 6 nitrogen and oxygen atoms in total. The van der Waals surface area contributed by atoms with Crippen molar-refractivity contribution < 1.29 is 29.0 Å². The van der Waals surface area contributed by atoms with Gasteiger partial charge in [-0.3, -0.25) is 14.4 Å². The number of ketones is 1. The van der Waals surface area contributed by atoms with Crippen molar-refractivity contribution in [1.82, 2.24) is 4.90 Å². The maximum Gasteiger partial charge on any atom is 0.303 e. The minimum absolute atomic E-state index is 0.0394. The van der Waals surface area contributed by atoms with Gasteiger partial charge < -0.3 is 15.1 Å². The van der Waals surface area contributed by atoms with Gasteiger partial charge in [0.05, 0.1) is 11.6 Å². The zero-order valence-corrected chi connectivity index (χ0v) is 15.9. The van der Waals surface area contributed by atoms with Crippen molar-refractivity contribution >= 4 is 35.0 Å². The Hall–Kier alpha value is -3.19. The molecular formula is C21H17ClFNO5. The molecule has 1 aliphatic rings. The first-order valence-corrected chi connectivity index (χ1v) is 9.19. The number of hydrogen-bond acceptors (Lipinski definition) is 4. The van der Waals surface area contributed by atoms with Crippen LogP contribution >= 0.6 is 11.6 Å². The summed E-state index contributed by atoms with van der Waals surface area (Å²) in [5, 5.41) is 20.0. The van der Waals surface area contributed by atoms with E-state index in [0.29, 0.717) is 5.02 Å². The Kier molecular flexibility index (Phi) is 5.98. The Bertz CT molecular complexity index is 1000. The van der Waals surface area contributed by atoms with E-state index >= 15 is 0 Å². The number of hydrogen-bond donors (Lipinski definition) is 2. The van der Waals surface area contributed by atoms with Crippen LogP contribution in [0.1, 0.15) is 30.0 Å². The molecule has 1 saturated heterocycles. The van der Waals surface area contributed by atoms with Crippen molar-refractivity contribution in [3.63, 3.8) is 0 Å². The highest BCUT2D eigenvalue weighted by Crippen LogP contribution is 2.40. The monoisotopic (exact) mass is 417 g/mol. The SMILES string of the molecule is O=C(O)CCCN1C(=O)C(=O)C(=C(O)c2ccc(Cl)cc2)[C@H]1c1ccccc1F. The lowest BCUT2D eigenvalue weighted by atomic mass is 9.95. The van der Waals surface area contributed by atoms with Crippen LogP contribution in [0.25, 0.3) is 5.76 Å². The van der Waals surface area contributed by atoms with Gasteiger partial charge in [-0.05, 0) is 36.8 Å². The molecule has 0 aliphatic carbocycles. The minimum atomic E-state index is -1.17. The standard InChI is InChI=1S/C21H17ClFNO5/c22-13-9-7-12(8-10-13)19(27)17-18(14-4-1-2-5-15(14)23)24(21(29)20(17)28)11-3-6-16(25)26/h1-2,4-5,7-10,18,27H,3,6,11H2,(H,25,26)/t18-/m1/s1. The van der Waals surface area contributed by atoms with Gasteiger partial charge in [-0.15, -0.1) is 0 Å². The van der Waals surface area contributed by atoms with Crippen molar-refractivity contribution in [2.45, 2.75) is 18.9 Å². The maximum atomic E-state index is 14.5. The first-order valence-electron chi connectivity index (χ1n) is 8.82. The number of carbonyl (C=O) groups excluding carboxylic acids is 2. The third kappa shape index (κ3) is 4.14. The van der Waals surface area contributed by atoms with Gasteiger partial charge in [0.15, 0.2) is 0 Å². The molecule has 0 spiro atoms. The number of aliphatic hydroxyl groups excluding tert-OH is 1. The second-order valence-electron chi connectivity index (χ2n) is 6.52. The van der Waals surface area contributed by atoms with E-state index in [4.69, 9.17) is 16.7 Å². The molecule has 2 aromatic carbocycles. The van der Waals surface area contributed by atoms with E-state index in [1.54, 1.807) is 6.07 Å². The average molecular weight is 418 g/mol. The number of benzene rings is 2. The summed E-state index contributed by atoms with van der Waals surface area (Å²) in [5.74, 6) is -4.02. The summed E-state index contributed by atoms with van der Waals surface area (Å²) >= 11 is 5.85. The molecule has 0 saturated carbocycles. The number of carboxylic acids is 1. The second-order valence-corrected chi connectivity index (χ2v) is 6.95. The van der Waals surface area contributed by atoms with Crippen LogP contribution in [0.3, 0.4) is 0 Å². The van der Waals surface area contributed by atoms with Crippen LogP contribution in [-0.4, -0.2) is 39.3 Å². The van der Waals surface area contributed by atoms with Crippen molar-refractivity contribution in [1.29, 1.82) is 0 Å². The first-order chi connectivity index (χ1) is 13.8. The normalized spacial score (nSPS) is 18.3. The highest BCUT2D eigenvalue weighted by Gasteiger charge is 2.46. The quantitative estimate of drug-likeness (QED) is 0.424. The lowest BCUT2D eigenvalue weighted by Crippen LogP contribution is -2.31. The van der Waals surface area contributed by atoms with Crippen LogP contribution in [0.2, 0.25) is 5.02 Å². The number of carbonyl (C=O) groups is 3. The Morgan fingerprint density at radius 1 is 1.07 bits per heavy atom. The predicted molar refractivity (Wildman–Crippen MR) is 104 cm³/mol. The van der Waals surface area contributed by atoms with Gasteiger partial charge in [-0.25, -0.2) is 4.39 Å². The van der Waals surface area contributed by atoms with E-state index in [1.165, 1.54) is 42.5 Å². The summed E-state index contributed by atoms with van der Waals surface area (Å²) in [6, 6.07) is 10.4. The molecule has 1 aliphatic heterocycles. The number of aliphatic hydroxyl groups is 1. The van der Waals surface area contributed by atoms with Crippen LogP contribution in [0.4, 0.5) is 4.39 Å². The van der Waals surface area contributed by atoms with E-state index in [1.807, 2.05) is 0 Å². The number of aliphatic carboxylic acids is 1. The average Bonchev–Trinajstić information content (AvgIpc) is 2.93. The molecule has 8 heteroatoms. The summed E-state index contributed by atoms with van der Waals surface area (Å²) in [4.78, 5) is 37.3. The van der Waals surface area contributed by atoms with E-state index in [2.05, 4.69) is 0 Å². The fraction of sp³-hybridized carbons (Fsp3) is 0.190. The van der Waals surface area contributed by atoms with Crippen molar-refractivity contribution in [2.24, 2.45) is 0 Å². The molecular weight excluding hydrogens is 401 g/mol. The van der Waals surface area contributed by atoms with E-state index < -0.39 is 35.3 Å². The molecule has 1 atom stereocenters. The fourth-order valence-corrected chi connectivity index (χ4v) is 3.42. The van der Waals surface area contributed by atoms with Gasteiger partial charge in [-0.1, -0.05) is 29.8 Å². The highest BCUT2D eigenvalue weighted by molar-refractivity contribution is 6.46. The molecule has 1 fully saturated rings. The van der Waals surface area contributed by atoms with Crippen LogP contribution in [0.5, 0.6) is 0 Å². The molecule has 1 heterocycles. The number of likely N-dealkylation sites (tertiary alicyclic amines) is 1. The number of carboxylic acid groups (broad SMARTS) is 1. The zero-order chi connectivity index (χ0) is 21.1. The molecule has 0 radical (unpaired) electrons. The Balaban J connectivity index is 2.12. The van der Waals surface area contributed by atoms with Crippen molar-refractivity contribution in [3.8, 4) is 0 Å². The number of Topliss-reactive ketones (excluding diaryl/α,β-unsaturated/α-hetero) is 1. The third-order valence-electron chi connectivity index (χ3n) is 4.65. The van der Waals surface area contributed by atoms with Gasteiger partial charge in [0.25, 0.3) is 11.7 Å². The lowest BCUT2D eigenvalue weighted by molar-refractivity contribution is -0.140. The fourth-order valence-electron chi connectivity index (χ4n) is 3.29. The largest absolute Gasteiger partial charge is 0.507 e. The summed E-state index contributed by atoms with van der Waals surface area (Å²) in [5.41, 5.74) is 0.0366. The summed E-state index contributed by atoms with van der Waals surface area (Å²) < 4.78 is 14.5. The molecule has 0 unspecified atom stereocenters. The van der Waals surface area contributed by atoms with Crippen LogP contribution in [0, 0.1) is 5.82 Å². The third-order valence-corrected chi connectivity index (χ3v) is 4.90. The van der Waals surface area contributed by atoms with E-state index in [-0.39, 0.29) is 36.1 Å². The molecule has 1 amide bonds. The van der Waals surface area contributed by atoms with Gasteiger partial charge in [0.2, 0.25) is 0 Å². The number of halogens is 2. The number of nitrogens with zero attached hydrogens (tertiary/aromatic N) is 1. The molecule has 29 heavy (non-hydrogen) atoms. The predicted octanol–water partition coefficient (Wildman–Crippen LogP) is 3.77. The van der Waals surface area contributed by atoms with Crippen LogP contribution in [0.15, 0.2) is 54.1 Å². The minimum Gasteiger partial charge on any atom is -0.507 e. The lowest BCUT2D eigenvalue weighted by Gasteiger charge is -2.25. The van der Waals surface area contributed by atoms with Crippen LogP contribution < -0.4 is 0 Å². The zero-order valence-electron chi connectivity index (χ0n) is 15.1. The summed E-state index contributed by atoms with van der Waals surface area (Å²) in [6.07, 6.45) is -0.140. The molecule has 0 bridgehead atoms. The summed E-state index contributed by atoms with van der Waals surface area (Å²) in [6.45, 7) is -0.0761. The smallest absolute Gasteiger partial charge is 0.303 e. The van der Waals surface area contributed by atoms with Crippen molar-refractivity contribution in [2.75, 3.05) is 6.54 Å². The second kappa shape index (κ2) is 8.45. The van der Waals surface area contributed by atoms with E-state index in [9.17, 15) is 23.9 Å². The van der Waals surface area contributed by atoms with Crippen LogP contribution in [-0.2, 0) is 14.4 Å². The molecule has 3 rings (SSSR count). The molecule has 150 valence electrons. The highest BCUT2D eigenvalue weighted by atomic mass is 35.5. The van der Waals surface area contributed by atoms with Gasteiger partial charge in [-0.2, -0.15) is 0 Å². The Labute approximate surface area is 170 Å². The Morgan fingerprint density at radius 3 is 2.34 bits per heavy atom. The number of amides is 1. The van der Waals surface area contributed by atoms with E-state index in [0.717, 1.165) is 4.90 Å². The van der Waals surface area contributed by atoms with Gasteiger partial charge >= 0.3 is 5.97 Å². The topological polar surface area (TPSA) is 94.9 Å².